The standard InChI is InChI=1S/C21H18N4O3S2/c1-3-8-28-16-7-6-13(11-17(16)27-2)10-15-19(22)25-21(23-20(15)26)30-18(24-25)12-14-5-4-9-29-14/h3-7,9-11,22H,1,8,12H2,2H3. The molecular weight excluding hydrogens is 420 g/mol. The summed E-state index contributed by atoms with van der Waals surface area (Å²) in [6.07, 6.45) is 3.91. The summed E-state index contributed by atoms with van der Waals surface area (Å²) in [5.41, 5.74) is 0.862. The number of amidine groups is 2. The second-order valence-electron chi connectivity index (χ2n) is 6.28. The SMILES string of the molecule is C=CCOc1ccc(C=C2C(=N)N3N=C(Cc4cccs4)SC3=NC2=O)cc1OC. The molecule has 152 valence electrons. The highest BCUT2D eigenvalue weighted by Gasteiger charge is 2.35. The van der Waals surface area contributed by atoms with Crippen molar-refractivity contribution in [2.75, 3.05) is 13.7 Å². The Labute approximate surface area is 181 Å². The van der Waals surface area contributed by atoms with Crippen LogP contribution in [0.1, 0.15) is 10.4 Å². The highest BCUT2D eigenvalue weighted by Crippen LogP contribution is 2.32. The van der Waals surface area contributed by atoms with E-state index in [1.54, 1.807) is 48.8 Å². The molecule has 1 aromatic carbocycles. The molecule has 3 heterocycles. The van der Waals surface area contributed by atoms with Crippen molar-refractivity contribution in [1.29, 1.82) is 5.41 Å². The van der Waals surface area contributed by atoms with Gasteiger partial charge in [0.1, 0.15) is 11.7 Å². The molecule has 30 heavy (non-hydrogen) atoms. The molecule has 0 atom stereocenters. The Hall–Kier alpha value is -3.17. The number of hydrogen-bond donors (Lipinski definition) is 1. The van der Waals surface area contributed by atoms with Gasteiger partial charge in [-0.3, -0.25) is 10.2 Å². The Morgan fingerprint density at radius 3 is 2.90 bits per heavy atom. The number of hydrogen-bond acceptors (Lipinski definition) is 7. The normalized spacial score (nSPS) is 17.0. The molecule has 0 fully saturated rings. The zero-order valence-electron chi connectivity index (χ0n) is 16.1. The van der Waals surface area contributed by atoms with Gasteiger partial charge in [-0.05, 0) is 47.0 Å². The van der Waals surface area contributed by atoms with Gasteiger partial charge in [0.2, 0.25) is 5.17 Å². The topological polar surface area (TPSA) is 87.3 Å². The van der Waals surface area contributed by atoms with Crippen LogP contribution in [0.25, 0.3) is 6.08 Å². The maximum atomic E-state index is 12.6. The molecule has 1 aromatic heterocycles. The second-order valence-corrected chi connectivity index (χ2v) is 8.35. The average Bonchev–Trinajstić information content (AvgIpc) is 3.40. The van der Waals surface area contributed by atoms with Crippen molar-refractivity contribution in [3.8, 4) is 11.5 Å². The van der Waals surface area contributed by atoms with E-state index in [2.05, 4.69) is 16.7 Å². The maximum absolute atomic E-state index is 12.6. The van der Waals surface area contributed by atoms with Crippen molar-refractivity contribution in [3.63, 3.8) is 0 Å². The minimum absolute atomic E-state index is 0.00429. The molecule has 7 nitrogen and oxygen atoms in total. The van der Waals surface area contributed by atoms with Gasteiger partial charge in [0.25, 0.3) is 5.91 Å². The summed E-state index contributed by atoms with van der Waals surface area (Å²) < 4.78 is 10.9. The van der Waals surface area contributed by atoms with Crippen molar-refractivity contribution in [2.45, 2.75) is 6.42 Å². The number of aliphatic imine (C=N–C) groups is 1. The van der Waals surface area contributed by atoms with Crippen LogP contribution in [0.3, 0.4) is 0 Å². The number of methoxy groups -OCH3 is 1. The first kappa shape index (κ1) is 20.1. The van der Waals surface area contributed by atoms with Crippen molar-refractivity contribution >= 4 is 51.1 Å². The Kier molecular flexibility index (Phi) is 5.82. The Morgan fingerprint density at radius 2 is 2.17 bits per heavy atom. The largest absolute Gasteiger partial charge is 0.493 e. The van der Waals surface area contributed by atoms with Crippen LogP contribution in [0.4, 0.5) is 0 Å². The van der Waals surface area contributed by atoms with E-state index < -0.39 is 5.91 Å². The van der Waals surface area contributed by atoms with Gasteiger partial charge in [-0.1, -0.05) is 24.8 Å². The van der Waals surface area contributed by atoms with Crippen LogP contribution in [0.15, 0.2) is 64.0 Å². The molecule has 0 radical (unpaired) electrons. The highest BCUT2D eigenvalue weighted by atomic mass is 32.2. The van der Waals surface area contributed by atoms with Crippen LogP contribution in [-0.4, -0.2) is 40.7 Å². The number of benzene rings is 1. The molecule has 4 rings (SSSR count). The van der Waals surface area contributed by atoms with Crippen LogP contribution < -0.4 is 9.47 Å². The van der Waals surface area contributed by atoms with E-state index in [0.29, 0.717) is 35.3 Å². The zero-order valence-corrected chi connectivity index (χ0v) is 17.8. The third-order valence-corrected chi connectivity index (χ3v) is 6.04. The lowest BCUT2D eigenvalue weighted by atomic mass is 10.1. The molecule has 9 heteroatoms. The molecule has 1 amide bonds. The van der Waals surface area contributed by atoms with Gasteiger partial charge in [-0.25, -0.2) is 0 Å². The van der Waals surface area contributed by atoms with Crippen LogP contribution in [0.5, 0.6) is 11.5 Å². The van der Waals surface area contributed by atoms with E-state index in [4.69, 9.17) is 14.9 Å². The predicted octanol–water partition coefficient (Wildman–Crippen LogP) is 4.18. The third-order valence-electron chi connectivity index (χ3n) is 4.26. The van der Waals surface area contributed by atoms with Gasteiger partial charge >= 0.3 is 0 Å². The summed E-state index contributed by atoms with van der Waals surface area (Å²) in [5, 5.41) is 17.6. The molecule has 0 unspecified atom stereocenters. The Bertz CT molecular complexity index is 1100. The monoisotopic (exact) mass is 438 g/mol. The number of hydrazone groups is 1. The van der Waals surface area contributed by atoms with E-state index in [1.807, 2.05) is 17.5 Å². The lowest BCUT2D eigenvalue weighted by Crippen LogP contribution is -2.35. The van der Waals surface area contributed by atoms with Gasteiger partial charge in [-0.2, -0.15) is 15.1 Å². The van der Waals surface area contributed by atoms with Gasteiger partial charge in [0.15, 0.2) is 17.3 Å². The molecule has 0 bridgehead atoms. The van der Waals surface area contributed by atoms with E-state index in [1.165, 1.54) is 21.6 Å². The number of nitrogens with one attached hydrogen (secondary N) is 1. The summed E-state index contributed by atoms with van der Waals surface area (Å²) in [5.74, 6) is 0.642. The summed E-state index contributed by atoms with van der Waals surface area (Å²) in [4.78, 5) is 17.9. The summed E-state index contributed by atoms with van der Waals surface area (Å²) in [7, 11) is 1.54. The smallest absolute Gasteiger partial charge is 0.283 e. The van der Waals surface area contributed by atoms with E-state index in [0.717, 1.165) is 5.04 Å². The van der Waals surface area contributed by atoms with Gasteiger partial charge in [0.05, 0.1) is 12.7 Å². The molecule has 0 aliphatic carbocycles. The number of amides is 1. The lowest BCUT2D eigenvalue weighted by Gasteiger charge is -2.20. The van der Waals surface area contributed by atoms with Crippen molar-refractivity contribution < 1.29 is 14.3 Å². The van der Waals surface area contributed by atoms with Crippen LogP contribution in [0, 0.1) is 5.41 Å². The minimum atomic E-state index is -0.461. The summed E-state index contributed by atoms with van der Waals surface area (Å²) in [6, 6.07) is 9.31. The summed E-state index contributed by atoms with van der Waals surface area (Å²) in [6.45, 7) is 3.99. The van der Waals surface area contributed by atoms with E-state index >= 15 is 0 Å². The number of rotatable bonds is 7. The summed E-state index contributed by atoms with van der Waals surface area (Å²) >= 11 is 2.97. The minimum Gasteiger partial charge on any atom is -0.493 e. The molecular formula is C21H18N4O3S2. The number of carbonyl (C=O) groups excluding carboxylic acids is 1. The number of nitrogens with zero attached hydrogens (tertiary/aromatic N) is 3. The Morgan fingerprint density at radius 1 is 1.30 bits per heavy atom. The fourth-order valence-electron chi connectivity index (χ4n) is 2.87. The van der Waals surface area contributed by atoms with Gasteiger partial charge in [-0.15, -0.1) is 11.3 Å². The van der Waals surface area contributed by atoms with Gasteiger partial charge in [0, 0.05) is 11.3 Å². The van der Waals surface area contributed by atoms with Gasteiger partial charge < -0.3 is 9.47 Å². The van der Waals surface area contributed by atoms with E-state index in [-0.39, 0.29) is 11.4 Å². The molecule has 2 aliphatic rings. The number of thiophene rings is 1. The number of fused-ring (bicyclic) bond motifs is 1. The predicted molar refractivity (Wildman–Crippen MR) is 122 cm³/mol. The molecule has 0 spiro atoms. The number of thioether (sulfide) groups is 1. The molecule has 0 saturated carbocycles. The zero-order chi connectivity index (χ0) is 21.1. The average molecular weight is 439 g/mol. The van der Waals surface area contributed by atoms with Crippen LogP contribution >= 0.6 is 23.1 Å². The van der Waals surface area contributed by atoms with Crippen LogP contribution in [0.2, 0.25) is 0 Å². The molecule has 2 aliphatic heterocycles. The quantitative estimate of drug-likeness (QED) is 0.518. The molecule has 2 aromatic rings. The van der Waals surface area contributed by atoms with Crippen LogP contribution in [-0.2, 0) is 11.2 Å². The Balaban J connectivity index is 1.59. The number of ether oxygens (including phenoxy) is 2. The first-order chi connectivity index (χ1) is 14.6. The lowest BCUT2D eigenvalue weighted by molar-refractivity contribution is -0.114. The van der Waals surface area contributed by atoms with E-state index in [9.17, 15) is 4.79 Å². The van der Waals surface area contributed by atoms with Crippen molar-refractivity contribution in [1.82, 2.24) is 5.01 Å². The molecule has 0 saturated heterocycles. The maximum Gasteiger partial charge on any atom is 0.283 e. The fraction of sp³-hybridized carbons (Fsp3) is 0.143. The van der Waals surface area contributed by atoms with Crippen molar-refractivity contribution in [2.24, 2.45) is 10.1 Å². The first-order valence-corrected chi connectivity index (χ1v) is 10.7. The second kappa shape index (κ2) is 8.68. The first-order valence-electron chi connectivity index (χ1n) is 9.02. The fourth-order valence-corrected chi connectivity index (χ4v) is 4.58. The molecule has 1 N–H and O–H groups in total. The highest BCUT2D eigenvalue weighted by molar-refractivity contribution is 8.27. The number of carbonyl (C=O) groups is 1. The van der Waals surface area contributed by atoms with Crippen molar-refractivity contribution in [3.05, 3.63) is 64.4 Å². The third kappa shape index (κ3) is 4.07.